The van der Waals surface area contributed by atoms with Crippen LogP contribution in [-0.4, -0.2) is 29.4 Å². The van der Waals surface area contributed by atoms with E-state index >= 15 is 0 Å². The predicted molar refractivity (Wildman–Crippen MR) is 87.9 cm³/mol. The predicted octanol–water partition coefficient (Wildman–Crippen LogP) is 3.28. The third kappa shape index (κ3) is 1.58. The first-order chi connectivity index (χ1) is 11.3. The van der Waals surface area contributed by atoms with Gasteiger partial charge >= 0.3 is 0 Å². The van der Waals surface area contributed by atoms with Gasteiger partial charge in [-0.25, -0.2) is 0 Å². The van der Waals surface area contributed by atoms with E-state index in [1.807, 2.05) is 29.2 Å². The van der Waals surface area contributed by atoms with Crippen molar-refractivity contribution in [3.63, 3.8) is 0 Å². The average Bonchev–Trinajstić information content (AvgIpc) is 3.10. The summed E-state index contributed by atoms with van der Waals surface area (Å²) >= 11 is 0. The molecule has 0 fully saturated rings. The molecule has 5 rings (SSSR count). The van der Waals surface area contributed by atoms with Crippen LogP contribution >= 0.6 is 0 Å². The van der Waals surface area contributed by atoms with Crippen molar-refractivity contribution < 1.29 is 9.53 Å². The number of aromatic nitrogens is 1. The highest BCUT2D eigenvalue weighted by atomic mass is 16.5. The lowest BCUT2D eigenvalue weighted by molar-refractivity contribution is 0.0738. The summed E-state index contributed by atoms with van der Waals surface area (Å²) in [4.78, 5) is 18.2. The number of carbonyl (C=O) groups is 1. The number of ether oxygens (including phenoxy) is 1. The molecule has 0 radical (unpaired) electrons. The zero-order valence-corrected chi connectivity index (χ0v) is 12.8. The number of amides is 1. The van der Waals surface area contributed by atoms with Gasteiger partial charge in [0.15, 0.2) is 0 Å². The van der Waals surface area contributed by atoms with Crippen molar-refractivity contribution in [2.24, 2.45) is 0 Å². The zero-order valence-electron chi connectivity index (χ0n) is 12.8. The molecule has 1 aromatic heterocycles. The highest BCUT2D eigenvalue weighted by molar-refractivity contribution is 6.00. The van der Waals surface area contributed by atoms with Crippen molar-refractivity contribution in [2.45, 2.75) is 12.5 Å². The number of benzene rings is 2. The van der Waals surface area contributed by atoms with Gasteiger partial charge in [-0.3, -0.25) is 4.79 Å². The molecular weight excluding hydrogens is 288 g/mol. The number of hydrogen-bond donors (Lipinski definition) is 1. The van der Waals surface area contributed by atoms with E-state index in [9.17, 15) is 4.79 Å². The number of nitrogens with one attached hydrogen (secondary N) is 1. The van der Waals surface area contributed by atoms with Crippen molar-refractivity contribution in [2.75, 3.05) is 13.7 Å². The lowest BCUT2D eigenvalue weighted by Gasteiger charge is -2.30. The Morgan fingerprint density at radius 3 is 2.96 bits per heavy atom. The summed E-state index contributed by atoms with van der Waals surface area (Å²) in [6.45, 7) is 0.759. The second-order valence-corrected chi connectivity index (χ2v) is 6.17. The highest BCUT2D eigenvalue weighted by Crippen LogP contribution is 2.44. The number of fused-ring (bicyclic) bond motifs is 7. The van der Waals surface area contributed by atoms with E-state index < -0.39 is 0 Å². The Bertz CT molecular complexity index is 957. The summed E-state index contributed by atoms with van der Waals surface area (Å²) in [7, 11) is 1.69. The maximum absolute atomic E-state index is 12.6. The Labute approximate surface area is 133 Å². The van der Waals surface area contributed by atoms with Crippen molar-refractivity contribution in [1.29, 1.82) is 0 Å². The van der Waals surface area contributed by atoms with Crippen LogP contribution in [0.4, 0.5) is 0 Å². The third-order valence-corrected chi connectivity index (χ3v) is 5.08. The molecule has 3 heterocycles. The lowest BCUT2D eigenvalue weighted by Crippen LogP contribution is -2.34. The van der Waals surface area contributed by atoms with E-state index in [1.165, 1.54) is 10.9 Å². The van der Waals surface area contributed by atoms with Crippen LogP contribution in [-0.2, 0) is 6.42 Å². The van der Waals surface area contributed by atoms with Gasteiger partial charge in [-0.2, -0.15) is 0 Å². The molecule has 114 valence electrons. The first-order valence-electron chi connectivity index (χ1n) is 7.86. The third-order valence-electron chi connectivity index (χ3n) is 5.08. The standard InChI is InChI=1S/C19H16N2O2/c1-23-11-6-7-16-15(10-11)12-8-9-21-18(17(12)20-16)13-4-2-3-5-14(13)19(21)22/h2-7,10,18,20H,8-9H2,1H3/t18-/m0/s1. The van der Waals surface area contributed by atoms with Crippen molar-refractivity contribution >= 4 is 16.8 Å². The van der Waals surface area contributed by atoms with E-state index in [-0.39, 0.29) is 11.9 Å². The molecule has 4 nitrogen and oxygen atoms in total. The minimum absolute atomic E-state index is 0.0147. The fourth-order valence-corrected chi connectivity index (χ4v) is 4.02. The summed E-state index contributed by atoms with van der Waals surface area (Å²) in [5.41, 5.74) is 5.51. The number of hydrogen-bond acceptors (Lipinski definition) is 2. The van der Waals surface area contributed by atoms with Crippen LogP contribution in [0.5, 0.6) is 5.75 Å². The van der Waals surface area contributed by atoms with Gasteiger partial charge in [-0.1, -0.05) is 18.2 Å². The molecule has 0 unspecified atom stereocenters. The molecule has 0 bridgehead atoms. The van der Waals surface area contributed by atoms with Crippen LogP contribution in [0, 0.1) is 0 Å². The van der Waals surface area contributed by atoms with Gasteiger partial charge in [0, 0.05) is 28.7 Å². The molecule has 3 aromatic rings. The monoisotopic (exact) mass is 304 g/mol. The molecular formula is C19H16N2O2. The second-order valence-electron chi connectivity index (χ2n) is 6.17. The number of rotatable bonds is 1. The van der Waals surface area contributed by atoms with Crippen LogP contribution in [0.3, 0.4) is 0 Å². The normalized spacial score (nSPS) is 18.7. The second kappa shape index (κ2) is 4.38. The van der Waals surface area contributed by atoms with E-state index in [0.717, 1.165) is 41.1 Å². The largest absolute Gasteiger partial charge is 0.497 e. The SMILES string of the molecule is COc1ccc2[nH]c3c(c2c1)CCN1C(=O)c2ccccc2[C@@H]31. The molecule has 0 saturated heterocycles. The highest BCUT2D eigenvalue weighted by Gasteiger charge is 2.41. The lowest BCUT2D eigenvalue weighted by atomic mass is 9.94. The molecule has 0 aliphatic carbocycles. The Hall–Kier alpha value is -2.75. The quantitative estimate of drug-likeness (QED) is 0.750. The molecule has 2 aliphatic rings. The summed E-state index contributed by atoms with van der Waals surface area (Å²) in [6.07, 6.45) is 0.874. The maximum atomic E-state index is 12.6. The Kier molecular flexibility index (Phi) is 2.43. The molecule has 2 aromatic carbocycles. The van der Waals surface area contributed by atoms with Crippen molar-refractivity contribution in [3.05, 3.63) is 64.8 Å². The summed E-state index contributed by atoms with van der Waals surface area (Å²) in [5, 5.41) is 1.20. The molecule has 0 spiro atoms. The minimum atomic E-state index is 0.0147. The van der Waals surface area contributed by atoms with E-state index in [1.54, 1.807) is 7.11 Å². The van der Waals surface area contributed by atoms with Crippen molar-refractivity contribution in [3.8, 4) is 5.75 Å². The van der Waals surface area contributed by atoms with Gasteiger partial charge in [0.2, 0.25) is 0 Å². The molecule has 4 heteroatoms. The van der Waals surface area contributed by atoms with Crippen LogP contribution in [0.2, 0.25) is 0 Å². The Balaban J connectivity index is 1.76. The number of H-pyrrole nitrogens is 1. The topological polar surface area (TPSA) is 45.3 Å². The first-order valence-corrected chi connectivity index (χ1v) is 7.86. The number of aromatic amines is 1. The Morgan fingerprint density at radius 1 is 1.22 bits per heavy atom. The molecule has 2 aliphatic heterocycles. The van der Waals surface area contributed by atoms with Gasteiger partial charge < -0.3 is 14.6 Å². The van der Waals surface area contributed by atoms with Crippen LogP contribution in [0.1, 0.15) is 33.2 Å². The van der Waals surface area contributed by atoms with E-state index in [4.69, 9.17) is 4.74 Å². The van der Waals surface area contributed by atoms with E-state index in [2.05, 4.69) is 23.2 Å². The molecule has 1 amide bonds. The average molecular weight is 304 g/mol. The molecule has 0 saturated carbocycles. The van der Waals surface area contributed by atoms with Crippen LogP contribution in [0.15, 0.2) is 42.5 Å². The van der Waals surface area contributed by atoms with Gasteiger partial charge in [0.25, 0.3) is 5.91 Å². The number of nitrogens with zero attached hydrogens (tertiary/aromatic N) is 1. The molecule has 1 atom stereocenters. The Morgan fingerprint density at radius 2 is 2.09 bits per heavy atom. The van der Waals surface area contributed by atoms with Crippen molar-refractivity contribution in [1.82, 2.24) is 9.88 Å². The van der Waals surface area contributed by atoms with Crippen LogP contribution in [0.25, 0.3) is 10.9 Å². The fourth-order valence-electron chi connectivity index (χ4n) is 4.02. The van der Waals surface area contributed by atoms with Gasteiger partial charge in [-0.15, -0.1) is 0 Å². The fraction of sp³-hybridized carbons (Fsp3) is 0.211. The minimum Gasteiger partial charge on any atom is -0.497 e. The summed E-state index contributed by atoms with van der Waals surface area (Å²) in [5.74, 6) is 1.01. The van der Waals surface area contributed by atoms with Gasteiger partial charge in [0.1, 0.15) is 5.75 Å². The maximum Gasteiger partial charge on any atom is 0.255 e. The van der Waals surface area contributed by atoms with Gasteiger partial charge in [-0.05, 0) is 41.8 Å². The zero-order chi connectivity index (χ0) is 15.6. The van der Waals surface area contributed by atoms with Gasteiger partial charge in [0.05, 0.1) is 13.2 Å². The number of carbonyl (C=O) groups excluding carboxylic acids is 1. The van der Waals surface area contributed by atoms with E-state index in [0.29, 0.717) is 0 Å². The molecule has 23 heavy (non-hydrogen) atoms. The van der Waals surface area contributed by atoms with Crippen LogP contribution < -0.4 is 4.74 Å². The smallest absolute Gasteiger partial charge is 0.255 e. The summed E-state index contributed by atoms with van der Waals surface area (Å²) in [6, 6.07) is 14.1. The first kappa shape index (κ1) is 12.8. The summed E-state index contributed by atoms with van der Waals surface area (Å²) < 4.78 is 5.36. The number of methoxy groups -OCH3 is 1. The molecule has 1 N–H and O–H groups in total.